The fourth-order valence-corrected chi connectivity index (χ4v) is 6.12. The van der Waals surface area contributed by atoms with Crippen LogP contribution in [0.5, 0.6) is 11.5 Å². The summed E-state index contributed by atoms with van der Waals surface area (Å²) in [7, 11) is 3.16. The smallest absolute Gasteiger partial charge is 0.254 e. The number of para-hydroxylation sites is 1. The molecule has 0 fully saturated rings. The molecule has 1 aliphatic carbocycles. The molecule has 2 aliphatic rings. The van der Waals surface area contributed by atoms with Crippen molar-refractivity contribution in [3.05, 3.63) is 122 Å². The number of hydrogen-bond acceptors (Lipinski definition) is 7. The number of allylic oxidation sites excluding steroid dienone is 3. The molecule has 8 nitrogen and oxygen atoms in total. The predicted molar refractivity (Wildman–Crippen MR) is 164 cm³/mol. The van der Waals surface area contributed by atoms with E-state index in [1.54, 1.807) is 45.4 Å². The van der Waals surface area contributed by atoms with Gasteiger partial charge in [0.2, 0.25) is 0 Å². The largest absolute Gasteiger partial charge is 0.493 e. The lowest BCUT2D eigenvalue weighted by molar-refractivity contribution is -0.116. The number of ketones is 1. The SMILES string of the molecule is COc1ccc([C@@H]2CC(=O)C3=C(C2)NC(C)=C(C(=O)Nc2ccc(C)cc2)[C@H]3c2coc3ccccc3c2=O)cc1OC. The molecular weight excluding hydrogens is 544 g/mol. The van der Waals surface area contributed by atoms with Crippen molar-refractivity contribution in [2.24, 2.45) is 0 Å². The first-order valence-corrected chi connectivity index (χ1v) is 14.1. The number of dihydropyridines is 1. The summed E-state index contributed by atoms with van der Waals surface area (Å²) in [5.74, 6) is -0.381. The number of anilines is 1. The first-order chi connectivity index (χ1) is 20.8. The minimum Gasteiger partial charge on any atom is -0.493 e. The highest BCUT2D eigenvalue weighted by molar-refractivity contribution is 6.10. The maximum absolute atomic E-state index is 14.1. The van der Waals surface area contributed by atoms with Crippen LogP contribution in [0.15, 0.2) is 105 Å². The molecule has 1 aromatic heterocycles. The Bertz CT molecular complexity index is 1880. The van der Waals surface area contributed by atoms with Gasteiger partial charge in [-0.25, -0.2) is 0 Å². The van der Waals surface area contributed by atoms with Gasteiger partial charge in [0.05, 0.1) is 31.8 Å². The maximum Gasteiger partial charge on any atom is 0.254 e. The van der Waals surface area contributed by atoms with Crippen LogP contribution in [0, 0.1) is 6.92 Å². The number of rotatable bonds is 6. The second-order valence-electron chi connectivity index (χ2n) is 11.0. The second-order valence-corrected chi connectivity index (χ2v) is 11.0. The van der Waals surface area contributed by atoms with Gasteiger partial charge in [-0.1, -0.05) is 35.9 Å². The highest BCUT2D eigenvalue weighted by Gasteiger charge is 2.42. The number of nitrogens with one attached hydrogen (secondary N) is 2. The molecular formula is C35H32N2O6. The number of benzene rings is 3. The molecule has 0 radical (unpaired) electrons. The van der Waals surface area contributed by atoms with Crippen LogP contribution in [0.1, 0.15) is 48.3 Å². The number of Topliss-reactive ketones (excluding diaryl/α,β-unsaturated/α-hetero) is 1. The van der Waals surface area contributed by atoms with Crippen molar-refractivity contribution in [3.63, 3.8) is 0 Å². The Balaban J connectivity index is 1.46. The summed E-state index contributed by atoms with van der Waals surface area (Å²) < 4.78 is 16.8. The van der Waals surface area contributed by atoms with Crippen molar-refractivity contribution in [2.75, 3.05) is 19.5 Å². The van der Waals surface area contributed by atoms with E-state index < -0.39 is 11.8 Å². The van der Waals surface area contributed by atoms with E-state index in [-0.39, 0.29) is 29.1 Å². The molecule has 43 heavy (non-hydrogen) atoms. The van der Waals surface area contributed by atoms with Crippen LogP contribution in [-0.4, -0.2) is 25.9 Å². The van der Waals surface area contributed by atoms with Gasteiger partial charge in [-0.2, -0.15) is 0 Å². The number of carbonyl (C=O) groups is 2. The second kappa shape index (κ2) is 11.3. The standard InChI is InChI=1S/C35H32N2O6/c1-19-9-12-23(13-10-19)37-35(40)31-20(2)36-26-15-22(21-11-14-29(41-3)30(17-21)42-4)16-27(38)33(26)32(31)25-18-43-28-8-6-5-7-24(28)34(25)39/h5-14,17-18,22,32,36H,15-16H2,1-4H3,(H,37,40)/t22-,32+/m0/s1. The van der Waals surface area contributed by atoms with Crippen LogP contribution in [0.2, 0.25) is 0 Å². The van der Waals surface area contributed by atoms with Crippen LogP contribution in [0.25, 0.3) is 11.0 Å². The molecule has 8 heteroatoms. The van der Waals surface area contributed by atoms with Crippen LogP contribution in [0.4, 0.5) is 5.69 Å². The fraction of sp³-hybridized carbons (Fsp3) is 0.229. The number of hydrogen-bond donors (Lipinski definition) is 2. The molecule has 0 bridgehead atoms. The molecule has 3 aromatic carbocycles. The van der Waals surface area contributed by atoms with Gasteiger partial charge in [-0.15, -0.1) is 0 Å². The van der Waals surface area contributed by atoms with E-state index in [0.29, 0.717) is 57.1 Å². The Labute approximate surface area is 249 Å². The zero-order chi connectivity index (χ0) is 30.2. The number of amides is 1. The molecule has 2 atom stereocenters. The van der Waals surface area contributed by atoms with E-state index in [2.05, 4.69) is 10.6 Å². The lowest BCUT2D eigenvalue weighted by atomic mass is 9.71. The van der Waals surface area contributed by atoms with Crippen molar-refractivity contribution >= 4 is 28.3 Å². The zero-order valence-corrected chi connectivity index (χ0v) is 24.4. The molecule has 1 aliphatic heterocycles. The maximum atomic E-state index is 14.1. The number of aryl methyl sites for hydroxylation is 1. The van der Waals surface area contributed by atoms with Gasteiger partial charge < -0.3 is 24.5 Å². The third-order valence-corrected chi connectivity index (χ3v) is 8.28. The van der Waals surface area contributed by atoms with Crippen molar-refractivity contribution in [1.82, 2.24) is 5.32 Å². The summed E-state index contributed by atoms with van der Waals surface area (Å²) in [5.41, 5.74) is 5.01. The molecule has 2 N–H and O–H groups in total. The monoisotopic (exact) mass is 576 g/mol. The summed E-state index contributed by atoms with van der Waals surface area (Å²) in [5, 5.41) is 6.73. The number of ether oxygens (including phenoxy) is 2. The van der Waals surface area contributed by atoms with Gasteiger partial charge >= 0.3 is 0 Å². The molecule has 2 heterocycles. The molecule has 0 unspecified atom stereocenters. The lowest BCUT2D eigenvalue weighted by Gasteiger charge is -2.36. The van der Waals surface area contributed by atoms with Gasteiger partial charge in [0.25, 0.3) is 5.91 Å². The first kappa shape index (κ1) is 28.0. The Morgan fingerprint density at radius 3 is 2.42 bits per heavy atom. The lowest BCUT2D eigenvalue weighted by Crippen LogP contribution is -2.38. The number of carbonyl (C=O) groups excluding carboxylic acids is 2. The van der Waals surface area contributed by atoms with E-state index in [9.17, 15) is 14.4 Å². The molecule has 0 saturated carbocycles. The van der Waals surface area contributed by atoms with E-state index >= 15 is 0 Å². The molecule has 6 rings (SSSR count). The van der Waals surface area contributed by atoms with E-state index in [1.807, 2.05) is 49.4 Å². The van der Waals surface area contributed by atoms with E-state index in [0.717, 1.165) is 11.1 Å². The average molecular weight is 577 g/mol. The van der Waals surface area contributed by atoms with Crippen molar-refractivity contribution < 1.29 is 23.5 Å². The minimum atomic E-state index is -0.901. The normalized spacial score (nSPS) is 18.3. The Kier molecular flexibility index (Phi) is 7.36. The summed E-state index contributed by atoms with van der Waals surface area (Å²) in [6, 6.07) is 20.1. The fourth-order valence-electron chi connectivity index (χ4n) is 6.12. The molecule has 0 spiro atoms. The van der Waals surface area contributed by atoms with Crippen LogP contribution < -0.4 is 25.5 Å². The summed E-state index contributed by atoms with van der Waals surface area (Å²) in [6.45, 7) is 3.77. The van der Waals surface area contributed by atoms with Crippen LogP contribution in [0.3, 0.4) is 0 Å². The highest BCUT2D eigenvalue weighted by atomic mass is 16.5. The number of methoxy groups -OCH3 is 2. The van der Waals surface area contributed by atoms with E-state index in [1.165, 1.54) is 6.26 Å². The molecule has 1 amide bonds. The topological polar surface area (TPSA) is 107 Å². The van der Waals surface area contributed by atoms with Gasteiger partial charge in [0.1, 0.15) is 5.58 Å². The zero-order valence-electron chi connectivity index (χ0n) is 24.4. The Hall–Kier alpha value is -5.11. The van der Waals surface area contributed by atoms with Crippen LogP contribution in [-0.2, 0) is 9.59 Å². The Morgan fingerprint density at radius 1 is 0.930 bits per heavy atom. The van der Waals surface area contributed by atoms with Crippen molar-refractivity contribution in [2.45, 2.75) is 38.5 Å². The Morgan fingerprint density at radius 2 is 1.67 bits per heavy atom. The quantitative estimate of drug-likeness (QED) is 0.285. The van der Waals surface area contributed by atoms with Crippen molar-refractivity contribution in [1.29, 1.82) is 0 Å². The average Bonchev–Trinajstić information content (AvgIpc) is 3.01. The summed E-state index contributed by atoms with van der Waals surface area (Å²) >= 11 is 0. The van der Waals surface area contributed by atoms with Gasteiger partial charge in [-0.05, 0) is 68.1 Å². The summed E-state index contributed by atoms with van der Waals surface area (Å²) in [6.07, 6.45) is 2.11. The number of fused-ring (bicyclic) bond motifs is 1. The summed E-state index contributed by atoms with van der Waals surface area (Å²) in [4.78, 5) is 41.9. The molecule has 4 aromatic rings. The minimum absolute atomic E-state index is 0.136. The van der Waals surface area contributed by atoms with E-state index in [4.69, 9.17) is 13.9 Å². The molecule has 0 saturated heterocycles. The third kappa shape index (κ3) is 5.09. The predicted octanol–water partition coefficient (Wildman–Crippen LogP) is 6.12. The van der Waals surface area contributed by atoms with Gasteiger partial charge in [-0.3, -0.25) is 14.4 Å². The highest BCUT2D eigenvalue weighted by Crippen LogP contribution is 2.46. The van der Waals surface area contributed by atoms with Crippen molar-refractivity contribution in [3.8, 4) is 11.5 Å². The third-order valence-electron chi connectivity index (χ3n) is 8.28. The van der Waals surface area contributed by atoms with Crippen LogP contribution >= 0.6 is 0 Å². The van der Waals surface area contributed by atoms with Gasteiger partial charge in [0, 0.05) is 40.2 Å². The molecule has 218 valence electrons. The van der Waals surface area contributed by atoms with Gasteiger partial charge in [0.15, 0.2) is 22.7 Å². The first-order valence-electron chi connectivity index (χ1n) is 14.1.